The van der Waals surface area contributed by atoms with Crippen LogP contribution in [0.3, 0.4) is 0 Å². The van der Waals surface area contributed by atoms with Crippen molar-refractivity contribution in [2.45, 2.75) is 45.6 Å². The van der Waals surface area contributed by atoms with Crippen molar-refractivity contribution >= 4 is 5.91 Å². The van der Waals surface area contributed by atoms with E-state index in [0.29, 0.717) is 5.56 Å². The van der Waals surface area contributed by atoms with Crippen LogP contribution in [0.2, 0.25) is 0 Å². The van der Waals surface area contributed by atoms with E-state index < -0.39 is 0 Å². The second-order valence-corrected chi connectivity index (χ2v) is 4.23. The maximum atomic E-state index is 12.0. The van der Waals surface area contributed by atoms with Gasteiger partial charge in [-0.1, -0.05) is 20.8 Å². The number of amides is 1. The van der Waals surface area contributed by atoms with Gasteiger partial charge in [0.05, 0.1) is 11.8 Å². The van der Waals surface area contributed by atoms with Gasteiger partial charge in [-0.05, 0) is 25.3 Å². The molecule has 2 N–H and O–H groups in total. The summed E-state index contributed by atoms with van der Waals surface area (Å²) in [7, 11) is 0. The number of pyridine rings is 1. The van der Waals surface area contributed by atoms with Crippen LogP contribution in [0.15, 0.2) is 18.5 Å². The van der Waals surface area contributed by atoms with Gasteiger partial charge in [0.1, 0.15) is 5.75 Å². The van der Waals surface area contributed by atoms with Crippen LogP contribution in [0.1, 0.15) is 50.4 Å². The summed E-state index contributed by atoms with van der Waals surface area (Å²) in [6.07, 6.45) is 5.43. The van der Waals surface area contributed by atoms with E-state index in [2.05, 4.69) is 31.1 Å². The summed E-state index contributed by atoms with van der Waals surface area (Å²) in [6.45, 7) is 6.19. The second-order valence-electron chi connectivity index (χ2n) is 4.23. The number of hydrogen-bond acceptors (Lipinski definition) is 3. The van der Waals surface area contributed by atoms with E-state index in [1.54, 1.807) is 0 Å². The molecule has 0 aliphatic heterocycles. The van der Waals surface area contributed by atoms with Crippen LogP contribution in [-0.4, -0.2) is 21.5 Å². The number of carbonyl (C=O) groups excluding carboxylic acids is 1. The molecule has 94 valence electrons. The van der Waals surface area contributed by atoms with Gasteiger partial charge in [0.2, 0.25) is 0 Å². The average Bonchev–Trinajstić information content (AvgIpc) is 2.36. The van der Waals surface area contributed by atoms with Crippen molar-refractivity contribution in [1.82, 2.24) is 10.3 Å². The highest BCUT2D eigenvalue weighted by Gasteiger charge is 2.26. The SMILES string of the molecule is CCC(CC)(CC)NC(=O)c1cncc(O)c1. The summed E-state index contributed by atoms with van der Waals surface area (Å²) < 4.78 is 0. The Kier molecular flexibility index (Phi) is 4.49. The average molecular weight is 236 g/mol. The fourth-order valence-corrected chi connectivity index (χ4v) is 1.88. The zero-order valence-electron chi connectivity index (χ0n) is 10.7. The monoisotopic (exact) mass is 236 g/mol. The third-order valence-electron chi connectivity index (χ3n) is 3.40. The fourth-order valence-electron chi connectivity index (χ4n) is 1.88. The molecule has 0 unspecified atom stereocenters. The Labute approximate surface area is 102 Å². The Bertz CT molecular complexity index is 378. The van der Waals surface area contributed by atoms with Gasteiger partial charge in [-0.3, -0.25) is 9.78 Å². The second kappa shape index (κ2) is 5.66. The first-order valence-corrected chi connectivity index (χ1v) is 6.03. The van der Waals surface area contributed by atoms with Crippen molar-refractivity contribution < 1.29 is 9.90 Å². The van der Waals surface area contributed by atoms with Crippen LogP contribution in [0.25, 0.3) is 0 Å². The van der Waals surface area contributed by atoms with Crippen molar-refractivity contribution in [3.8, 4) is 5.75 Å². The Morgan fingerprint density at radius 3 is 2.35 bits per heavy atom. The van der Waals surface area contributed by atoms with Crippen molar-refractivity contribution in [2.24, 2.45) is 0 Å². The number of nitrogens with one attached hydrogen (secondary N) is 1. The molecule has 1 aromatic heterocycles. The predicted octanol–water partition coefficient (Wildman–Crippen LogP) is 2.49. The molecule has 0 spiro atoms. The lowest BCUT2D eigenvalue weighted by Crippen LogP contribution is -2.47. The van der Waals surface area contributed by atoms with Gasteiger partial charge >= 0.3 is 0 Å². The van der Waals surface area contributed by atoms with Crippen molar-refractivity contribution in [2.75, 3.05) is 0 Å². The number of aromatic nitrogens is 1. The molecule has 17 heavy (non-hydrogen) atoms. The molecule has 1 amide bonds. The zero-order chi connectivity index (χ0) is 12.9. The van der Waals surface area contributed by atoms with Crippen LogP contribution >= 0.6 is 0 Å². The summed E-state index contributed by atoms with van der Waals surface area (Å²) in [6, 6.07) is 1.42. The maximum absolute atomic E-state index is 12.0. The maximum Gasteiger partial charge on any atom is 0.253 e. The zero-order valence-corrected chi connectivity index (χ0v) is 10.7. The molecule has 0 aromatic carbocycles. The number of hydrogen-bond donors (Lipinski definition) is 2. The van der Waals surface area contributed by atoms with E-state index >= 15 is 0 Å². The molecule has 0 saturated carbocycles. The summed E-state index contributed by atoms with van der Waals surface area (Å²) >= 11 is 0. The first-order chi connectivity index (χ1) is 8.06. The Morgan fingerprint density at radius 1 is 1.29 bits per heavy atom. The van der Waals surface area contributed by atoms with E-state index in [1.807, 2.05) is 0 Å². The van der Waals surface area contributed by atoms with E-state index in [9.17, 15) is 9.90 Å². The molecule has 1 aromatic rings. The molecule has 0 saturated heterocycles. The van der Waals surface area contributed by atoms with Gasteiger partial charge in [-0.15, -0.1) is 0 Å². The van der Waals surface area contributed by atoms with Gasteiger partial charge in [-0.25, -0.2) is 0 Å². The van der Waals surface area contributed by atoms with Crippen molar-refractivity contribution in [1.29, 1.82) is 0 Å². The van der Waals surface area contributed by atoms with Crippen molar-refractivity contribution in [3.05, 3.63) is 24.0 Å². The minimum Gasteiger partial charge on any atom is -0.506 e. The first kappa shape index (κ1) is 13.5. The smallest absolute Gasteiger partial charge is 0.253 e. The number of nitrogens with zero attached hydrogens (tertiary/aromatic N) is 1. The molecular formula is C13H20N2O2. The van der Waals surface area contributed by atoms with Gasteiger partial charge in [-0.2, -0.15) is 0 Å². The van der Waals surface area contributed by atoms with Crippen molar-refractivity contribution in [3.63, 3.8) is 0 Å². The first-order valence-electron chi connectivity index (χ1n) is 6.03. The summed E-state index contributed by atoms with van der Waals surface area (Å²) in [5.41, 5.74) is 0.229. The fraction of sp³-hybridized carbons (Fsp3) is 0.538. The summed E-state index contributed by atoms with van der Waals surface area (Å²) in [4.78, 5) is 15.8. The standard InChI is InChI=1S/C13H20N2O2/c1-4-13(5-2,6-3)15-12(17)10-7-11(16)9-14-8-10/h7-9,16H,4-6H2,1-3H3,(H,15,17). The Morgan fingerprint density at radius 2 is 1.88 bits per heavy atom. The van der Waals surface area contributed by atoms with Crippen LogP contribution < -0.4 is 5.32 Å². The molecule has 1 rings (SSSR count). The van der Waals surface area contributed by atoms with Crippen LogP contribution in [0.5, 0.6) is 5.75 Å². The quantitative estimate of drug-likeness (QED) is 0.825. The molecule has 0 aliphatic carbocycles. The van der Waals surface area contributed by atoms with Crippen LogP contribution in [-0.2, 0) is 0 Å². The van der Waals surface area contributed by atoms with Crippen LogP contribution in [0.4, 0.5) is 0 Å². The summed E-state index contributed by atoms with van der Waals surface area (Å²) in [5.74, 6) is -0.174. The Hall–Kier alpha value is -1.58. The van der Waals surface area contributed by atoms with E-state index in [-0.39, 0.29) is 17.2 Å². The molecule has 0 bridgehead atoms. The predicted molar refractivity (Wildman–Crippen MR) is 67.0 cm³/mol. The lowest BCUT2D eigenvalue weighted by Gasteiger charge is -2.31. The third-order valence-corrected chi connectivity index (χ3v) is 3.40. The third kappa shape index (κ3) is 3.19. The normalized spacial score (nSPS) is 11.2. The molecule has 0 atom stereocenters. The van der Waals surface area contributed by atoms with E-state index in [0.717, 1.165) is 19.3 Å². The largest absolute Gasteiger partial charge is 0.506 e. The topological polar surface area (TPSA) is 62.2 Å². The molecule has 4 nitrogen and oxygen atoms in total. The molecule has 1 heterocycles. The van der Waals surface area contributed by atoms with Gasteiger partial charge < -0.3 is 10.4 Å². The molecule has 0 radical (unpaired) electrons. The van der Waals surface area contributed by atoms with E-state index in [1.165, 1.54) is 18.5 Å². The number of carbonyl (C=O) groups is 1. The highest BCUT2D eigenvalue weighted by Crippen LogP contribution is 2.20. The number of aromatic hydroxyl groups is 1. The molecule has 0 fully saturated rings. The summed E-state index contributed by atoms with van der Waals surface area (Å²) in [5, 5.41) is 12.3. The van der Waals surface area contributed by atoms with Gasteiger partial charge in [0.15, 0.2) is 0 Å². The Balaban J connectivity index is 2.84. The van der Waals surface area contributed by atoms with Gasteiger partial charge in [0.25, 0.3) is 5.91 Å². The molecule has 0 aliphatic rings. The molecule has 4 heteroatoms. The lowest BCUT2D eigenvalue weighted by atomic mass is 9.89. The minimum atomic E-state index is -0.182. The minimum absolute atomic E-state index is 0.00717. The number of rotatable bonds is 5. The van der Waals surface area contributed by atoms with E-state index in [4.69, 9.17) is 0 Å². The lowest BCUT2D eigenvalue weighted by molar-refractivity contribution is 0.0887. The van der Waals surface area contributed by atoms with Gasteiger partial charge in [0, 0.05) is 11.7 Å². The van der Waals surface area contributed by atoms with Crippen LogP contribution in [0, 0.1) is 0 Å². The highest BCUT2D eigenvalue weighted by atomic mass is 16.3. The highest BCUT2D eigenvalue weighted by molar-refractivity contribution is 5.94. The molecular weight excluding hydrogens is 216 g/mol.